The van der Waals surface area contributed by atoms with Gasteiger partial charge in [0.1, 0.15) is 17.8 Å². The van der Waals surface area contributed by atoms with Gasteiger partial charge in [-0.05, 0) is 32.3 Å². The highest BCUT2D eigenvalue weighted by Gasteiger charge is 2.34. The third-order valence-corrected chi connectivity index (χ3v) is 5.44. The van der Waals surface area contributed by atoms with E-state index in [-0.39, 0.29) is 12.1 Å². The summed E-state index contributed by atoms with van der Waals surface area (Å²) in [6, 6.07) is 2.77. The molecule has 2 atom stereocenters. The molecule has 2 aromatic rings. The number of nitrogens with zero attached hydrogens (tertiary/aromatic N) is 5. The third kappa shape index (κ3) is 2.48. The zero-order chi connectivity index (χ0) is 16.7. The van der Waals surface area contributed by atoms with E-state index in [9.17, 15) is 4.79 Å². The van der Waals surface area contributed by atoms with Crippen LogP contribution in [0.1, 0.15) is 26.2 Å². The molecule has 0 radical (unpaired) electrons. The molecule has 128 valence electrons. The summed E-state index contributed by atoms with van der Waals surface area (Å²) in [4.78, 5) is 30.8. The van der Waals surface area contributed by atoms with Crippen LogP contribution >= 0.6 is 0 Å². The number of aromatic nitrogens is 3. The molecule has 2 fully saturated rings. The fraction of sp³-hybridized carbons (Fsp3) is 0.588. The van der Waals surface area contributed by atoms with Crippen molar-refractivity contribution in [3.05, 3.63) is 18.6 Å². The largest absolute Gasteiger partial charge is 0.354 e. The normalized spacial score (nSPS) is 24.1. The molecule has 4 rings (SSSR count). The molecular weight excluding hydrogens is 304 g/mol. The quantitative estimate of drug-likeness (QED) is 0.916. The summed E-state index contributed by atoms with van der Waals surface area (Å²) in [6.45, 7) is 4.76. The zero-order valence-corrected chi connectivity index (χ0v) is 14.3. The van der Waals surface area contributed by atoms with Crippen molar-refractivity contribution in [2.24, 2.45) is 0 Å². The number of likely N-dealkylation sites (N-methyl/N-ethyl adjacent to an activating group) is 1. The summed E-state index contributed by atoms with van der Waals surface area (Å²) in [6.07, 6.45) is 6.69. The Morgan fingerprint density at radius 3 is 3.00 bits per heavy atom. The molecule has 7 heteroatoms. The highest BCUT2D eigenvalue weighted by Crippen LogP contribution is 2.27. The lowest BCUT2D eigenvalue weighted by Crippen LogP contribution is -2.48. The Hall–Kier alpha value is -2.31. The molecule has 2 aromatic heterocycles. The molecule has 0 spiro atoms. The van der Waals surface area contributed by atoms with E-state index in [1.807, 2.05) is 29.1 Å². The van der Waals surface area contributed by atoms with E-state index in [1.165, 1.54) is 0 Å². The molecule has 2 unspecified atom stereocenters. The number of carbonyl (C=O) groups excluding carboxylic acids is 1. The lowest BCUT2D eigenvalue weighted by molar-refractivity contribution is 0.148. The van der Waals surface area contributed by atoms with E-state index in [1.54, 1.807) is 6.33 Å². The van der Waals surface area contributed by atoms with Crippen LogP contribution < -0.4 is 4.90 Å². The lowest BCUT2D eigenvalue weighted by atomic mass is 10.2. The second-order valence-electron chi connectivity index (χ2n) is 6.90. The van der Waals surface area contributed by atoms with Gasteiger partial charge in [0.15, 0.2) is 0 Å². The van der Waals surface area contributed by atoms with E-state index in [2.05, 4.69) is 26.8 Å². The first kappa shape index (κ1) is 15.2. The molecule has 24 heavy (non-hydrogen) atoms. The van der Waals surface area contributed by atoms with Gasteiger partial charge in [-0.25, -0.2) is 14.8 Å². The van der Waals surface area contributed by atoms with Gasteiger partial charge in [-0.1, -0.05) is 0 Å². The number of nitrogens with one attached hydrogen (secondary N) is 1. The van der Waals surface area contributed by atoms with Crippen molar-refractivity contribution < 1.29 is 4.79 Å². The molecule has 0 aromatic carbocycles. The minimum atomic E-state index is 0.168. The number of carbonyl (C=O) groups is 1. The van der Waals surface area contributed by atoms with Gasteiger partial charge in [0.2, 0.25) is 0 Å². The van der Waals surface area contributed by atoms with Crippen molar-refractivity contribution in [1.82, 2.24) is 24.8 Å². The van der Waals surface area contributed by atoms with Crippen LogP contribution in [0.5, 0.6) is 0 Å². The van der Waals surface area contributed by atoms with Crippen LogP contribution in [0, 0.1) is 0 Å². The van der Waals surface area contributed by atoms with Crippen molar-refractivity contribution in [3.8, 4) is 0 Å². The SMILES string of the molecule is CC1CCCN1C(=O)N(C)C1CCN(c2ncnc3[nH]ccc23)C1. The number of urea groups is 1. The van der Waals surface area contributed by atoms with E-state index < -0.39 is 0 Å². The number of fused-ring (bicyclic) bond motifs is 1. The van der Waals surface area contributed by atoms with Crippen molar-refractivity contribution >= 4 is 22.9 Å². The Labute approximate surface area is 141 Å². The summed E-state index contributed by atoms with van der Waals surface area (Å²) in [7, 11) is 1.94. The number of hydrogen-bond acceptors (Lipinski definition) is 4. The van der Waals surface area contributed by atoms with Gasteiger partial charge in [0.05, 0.1) is 11.4 Å². The summed E-state index contributed by atoms with van der Waals surface area (Å²) in [5, 5.41) is 1.04. The minimum absolute atomic E-state index is 0.168. The molecule has 1 N–H and O–H groups in total. The average Bonchev–Trinajstić information content (AvgIpc) is 3.32. The van der Waals surface area contributed by atoms with Crippen molar-refractivity contribution in [2.75, 3.05) is 31.6 Å². The van der Waals surface area contributed by atoms with Crippen LogP contribution in [0.4, 0.5) is 10.6 Å². The second-order valence-corrected chi connectivity index (χ2v) is 6.90. The maximum absolute atomic E-state index is 12.8. The Bertz CT molecular complexity index is 744. The third-order valence-electron chi connectivity index (χ3n) is 5.44. The number of amides is 2. The van der Waals surface area contributed by atoms with Crippen molar-refractivity contribution in [2.45, 2.75) is 38.3 Å². The molecule has 4 heterocycles. The summed E-state index contributed by atoms with van der Waals surface area (Å²) in [5.74, 6) is 0.958. The predicted octanol–water partition coefficient (Wildman–Crippen LogP) is 2.07. The molecule has 0 aliphatic carbocycles. The van der Waals surface area contributed by atoms with Crippen LogP contribution in [-0.2, 0) is 0 Å². The number of likely N-dealkylation sites (tertiary alicyclic amines) is 1. The first-order valence-corrected chi connectivity index (χ1v) is 8.71. The number of anilines is 1. The smallest absolute Gasteiger partial charge is 0.320 e. The topological polar surface area (TPSA) is 68.4 Å². The van der Waals surface area contributed by atoms with Gasteiger partial charge in [0.25, 0.3) is 0 Å². The first-order chi connectivity index (χ1) is 11.6. The number of aromatic amines is 1. The molecule has 2 amide bonds. The van der Waals surface area contributed by atoms with Crippen LogP contribution in [0.2, 0.25) is 0 Å². The van der Waals surface area contributed by atoms with Crippen LogP contribution in [-0.4, -0.2) is 69.5 Å². The molecule has 0 bridgehead atoms. The Morgan fingerprint density at radius 2 is 2.21 bits per heavy atom. The van der Waals surface area contributed by atoms with Crippen LogP contribution in [0.25, 0.3) is 11.0 Å². The molecule has 2 aliphatic rings. The van der Waals surface area contributed by atoms with E-state index in [0.29, 0.717) is 6.04 Å². The maximum atomic E-state index is 12.8. The highest BCUT2D eigenvalue weighted by atomic mass is 16.2. The second kappa shape index (κ2) is 5.96. The highest BCUT2D eigenvalue weighted by molar-refractivity contribution is 5.87. The Kier molecular flexibility index (Phi) is 3.78. The van der Waals surface area contributed by atoms with Crippen LogP contribution in [0.15, 0.2) is 18.6 Å². The maximum Gasteiger partial charge on any atom is 0.320 e. The standard InChI is InChI=1S/C17H24N6O/c1-12-4-3-8-23(12)17(24)21(2)13-6-9-22(10-13)16-14-5-7-18-15(14)19-11-20-16/h5,7,11-13H,3-4,6,8-10H2,1-2H3,(H,18,19,20). The van der Waals surface area contributed by atoms with Gasteiger partial charge in [-0.3, -0.25) is 0 Å². The van der Waals surface area contributed by atoms with E-state index in [0.717, 1.165) is 55.7 Å². The van der Waals surface area contributed by atoms with Gasteiger partial charge >= 0.3 is 6.03 Å². The fourth-order valence-electron chi connectivity index (χ4n) is 3.94. The molecule has 2 saturated heterocycles. The monoisotopic (exact) mass is 328 g/mol. The van der Waals surface area contributed by atoms with Crippen LogP contribution in [0.3, 0.4) is 0 Å². The lowest BCUT2D eigenvalue weighted by Gasteiger charge is -2.31. The van der Waals surface area contributed by atoms with Gasteiger partial charge in [-0.2, -0.15) is 0 Å². The van der Waals surface area contributed by atoms with Crippen molar-refractivity contribution in [1.29, 1.82) is 0 Å². The summed E-state index contributed by atoms with van der Waals surface area (Å²) >= 11 is 0. The molecule has 0 saturated carbocycles. The molecular formula is C17H24N6O. The number of rotatable bonds is 2. The van der Waals surface area contributed by atoms with Crippen molar-refractivity contribution in [3.63, 3.8) is 0 Å². The average molecular weight is 328 g/mol. The first-order valence-electron chi connectivity index (χ1n) is 8.71. The summed E-state index contributed by atoms with van der Waals surface area (Å²) < 4.78 is 0. The van der Waals surface area contributed by atoms with E-state index in [4.69, 9.17) is 0 Å². The fourth-order valence-corrected chi connectivity index (χ4v) is 3.94. The Morgan fingerprint density at radius 1 is 1.33 bits per heavy atom. The number of hydrogen-bond donors (Lipinski definition) is 1. The number of H-pyrrole nitrogens is 1. The van der Waals surface area contributed by atoms with E-state index >= 15 is 0 Å². The molecule has 2 aliphatic heterocycles. The minimum Gasteiger partial charge on any atom is -0.354 e. The predicted molar refractivity (Wildman–Crippen MR) is 93.1 cm³/mol. The summed E-state index contributed by atoms with van der Waals surface area (Å²) in [5.41, 5.74) is 0.860. The van der Waals surface area contributed by atoms with Gasteiger partial charge in [0, 0.05) is 38.9 Å². The molecule has 7 nitrogen and oxygen atoms in total. The zero-order valence-electron chi connectivity index (χ0n) is 14.3. The Balaban J connectivity index is 1.48. The van der Waals surface area contributed by atoms with Gasteiger partial charge < -0.3 is 19.7 Å². The van der Waals surface area contributed by atoms with Gasteiger partial charge in [-0.15, -0.1) is 0 Å².